The Kier molecular flexibility index (Phi) is 15.9. The Balaban J connectivity index is 0.00000364. The third kappa shape index (κ3) is 12.2. The highest BCUT2D eigenvalue weighted by molar-refractivity contribution is 5.03. The zero-order chi connectivity index (χ0) is 18.5. The van der Waals surface area contributed by atoms with E-state index >= 15 is 0 Å². The molecule has 0 saturated heterocycles. The van der Waals surface area contributed by atoms with Crippen LogP contribution in [-0.4, -0.2) is 0 Å². The van der Waals surface area contributed by atoms with E-state index in [-0.39, 0.29) is 34.0 Å². The average molecular weight is 510 g/mol. The topological polar surface area (TPSA) is 7.76 Å². The molecule has 0 fully saturated rings. The first-order chi connectivity index (χ1) is 12.7. The minimum absolute atomic E-state index is 0. The van der Waals surface area contributed by atoms with Crippen LogP contribution in [0.2, 0.25) is 0 Å². The molecule has 0 bridgehead atoms. The summed E-state index contributed by atoms with van der Waals surface area (Å²) >= 11 is 0. The standard InChI is InChI=1S/C24H34N2.2BrH/c1-23-15-13-19-25(21-23)17-11-9-7-5-3-4-6-8-10-12-18-26-20-14-16-24(2)22-26;;/h3-6,13-16,19-22H,7-12,17-18H2,1-2H3;2*1H/q+2;;/p-2/b5-3-,6-4-;;. The molecule has 0 radical (unpaired) electrons. The second-order valence-electron chi connectivity index (χ2n) is 7.09. The largest absolute Gasteiger partial charge is 1.00 e. The molecular weight excluding hydrogens is 476 g/mol. The van der Waals surface area contributed by atoms with E-state index in [1.165, 1.54) is 49.7 Å². The van der Waals surface area contributed by atoms with Gasteiger partial charge < -0.3 is 34.0 Å². The van der Waals surface area contributed by atoms with E-state index in [0.717, 1.165) is 13.1 Å². The Hall–Kier alpha value is -1.26. The Labute approximate surface area is 192 Å². The van der Waals surface area contributed by atoms with Crippen molar-refractivity contribution in [3.8, 4) is 0 Å². The van der Waals surface area contributed by atoms with E-state index < -0.39 is 0 Å². The van der Waals surface area contributed by atoms with Gasteiger partial charge in [-0.15, -0.1) is 0 Å². The van der Waals surface area contributed by atoms with Gasteiger partial charge in [0.2, 0.25) is 0 Å². The zero-order valence-corrected chi connectivity index (χ0v) is 20.4. The van der Waals surface area contributed by atoms with Crippen LogP contribution in [0.15, 0.2) is 73.4 Å². The van der Waals surface area contributed by atoms with Gasteiger partial charge in [-0.1, -0.05) is 24.3 Å². The Bertz CT molecular complexity index is 650. The SMILES string of the molecule is Cc1ccc[n+](CCCC/C=C\C=C/CCCC[n+]2cccc(C)c2)c1.[Br-].[Br-]. The minimum Gasteiger partial charge on any atom is -1.00 e. The highest BCUT2D eigenvalue weighted by Crippen LogP contribution is 2.00. The summed E-state index contributed by atoms with van der Waals surface area (Å²) < 4.78 is 4.57. The predicted molar refractivity (Wildman–Crippen MR) is 109 cm³/mol. The molecule has 0 amide bonds. The number of rotatable bonds is 11. The van der Waals surface area contributed by atoms with Crippen molar-refractivity contribution in [2.45, 2.75) is 65.5 Å². The lowest BCUT2D eigenvalue weighted by Crippen LogP contribution is -3.00. The highest BCUT2D eigenvalue weighted by Gasteiger charge is 1.99. The molecule has 0 spiro atoms. The summed E-state index contributed by atoms with van der Waals surface area (Å²) in [4.78, 5) is 0. The lowest BCUT2D eigenvalue weighted by molar-refractivity contribution is -0.697. The third-order valence-corrected chi connectivity index (χ3v) is 4.47. The maximum Gasteiger partial charge on any atom is 0.171 e. The molecule has 0 saturated carbocycles. The van der Waals surface area contributed by atoms with Crippen LogP contribution in [0.3, 0.4) is 0 Å². The van der Waals surface area contributed by atoms with E-state index in [1.54, 1.807) is 0 Å². The summed E-state index contributed by atoms with van der Waals surface area (Å²) in [5, 5.41) is 0. The van der Waals surface area contributed by atoms with Crippen molar-refractivity contribution in [3.05, 3.63) is 84.5 Å². The Morgan fingerprint density at radius 2 is 1.11 bits per heavy atom. The van der Waals surface area contributed by atoms with E-state index in [1.807, 2.05) is 0 Å². The maximum absolute atomic E-state index is 2.29. The van der Waals surface area contributed by atoms with Crippen molar-refractivity contribution in [1.29, 1.82) is 0 Å². The monoisotopic (exact) mass is 508 g/mol. The zero-order valence-electron chi connectivity index (χ0n) is 17.2. The molecule has 0 unspecified atom stereocenters. The Morgan fingerprint density at radius 1 is 0.679 bits per heavy atom. The van der Waals surface area contributed by atoms with Gasteiger partial charge in [0.15, 0.2) is 24.8 Å². The van der Waals surface area contributed by atoms with Gasteiger partial charge in [0, 0.05) is 36.1 Å². The highest BCUT2D eigenvalue weighted by atomic mass is 79.9. The molecule has 2 aromatic rings. The molecule has 28 heavy (non-hydrogen) atoms. The number of allylic oxidation sites excluding steroid dienone is 4. The van der Waals surface area contributed by atoms with Gasteiger partial charge >= 0.3 is 0 Å². The first kappa shape index (κ1) is 26.7. The van der Waals surface area contributed by atoms with Crippen molar-refractivity contribution in [1.82, 2.24) is 0 Å². The van der Waals surface area contributed by atoms with Crippen LogP contribution >= 0.6 is 0 Å². The van der Waals surface area contributed by atoms with Crippen LogP contribution in [0.1, 0.15) is 49.7 Å². The Morgan fingerprint density at radius 3 is 1.50 bits per heavy atom. The van der Waals surface area contributed by atoms with Crippen molar-refractivity contribution < 1.29 is 43.1 Å². The summed E-state index contributed by atoms with van der Waals surface area (Å²) in [6.45, 7) is 6.52. The van der Waals surface area contributed by atoms with Gasteiger partial charge in [-0.05, 0) is 51.7 Å². The number of halogens is 2. The number of hydrogen-bond donors (Lipinski definition) is 0. The average Bonchev–Trinajstić information content (AvgIpc) is 2.63. The fourth-order valence-corrected chi connectivity index (χ4v) is 3.05. The second-order valence-corrected chi connectivity index (χ2v) is 7.09. The van der Waals surface area contributed by atoms with E-state index in [9.17, 15) is 0 Å². The fraction of sp³-hybridized carbons (Fsp3) is 0.417. The predicted octanol–water partition coefficient (Wildman–Crippen LogP) is -0.960. The summed E-state index contributed by atoms with van der Waals surface area (Å²) in [5.74, 6) is 0. The van der Waals surface area contributed by atoms with Gasteiger partial charge in [0.25, 0.3) is 0 Å². The van der Waals surface area contributed by atoms with Crippen LogP contribution < -0.4 is 43.1 Å². The molecule has 2 nitrogen and oxygen atoms in total. The molecule has 0 aromatic carbocycles. The number of hydrogen-bond acceptors (Lipinski definition) is 0. The number of aromatic nitrogens is 2. The lowest BCUT2D eigenvalue weighted by Gasteiger charge is -1.97. The number of unbranched alkanes of at least 4 members (excludes halogenated alkanes) is 4. The van der Waals surface area contributed by atoms with Crippen LogP contribution in [-0.2, 0) is 13.1 Å². The molecule has 0 aliphatic carbocycles. The van der Waals surface area contributed by atoms with Gasteiger partial charge in [0.1, 0.15) is 13.1 Å². The van der Waals surface area contributed by atoms with Gasteiger partial charge in [-0.2, -0.15) is 0 Å². The van der Waals surface area contributed by atoms with Crippen LogP contribution in [0.25, 0.3) is 0 Å². The van der Waals surface area contributed by atoms with Gasteiger partial charge in [-0.3, -0.25) is 0 Å². The first-order valence-corrected chi connectivity index (χ1v) is 9.97. The van der Waals surface area contributed by atoms with Gasteiger partial charge in [-0.25, -0.2) is 9.13 Å². The van der Waals surface area contributed by atoms with E-state index in [0.29, 0.717) is 0 Å². The molecule has 0 N–H and O–H groups in total. The normalized spacial score (nSPS) is 10.8. The first-order valence-electron chi connectivity index (χ1n) is 9.97. The maximum atomic E-state index is 2.29. The summed E-state index contributed by atoms with van der Waals surface area (Å²) in [6.07, 6.45) is 25.0. The van der Waals surface area contributed by atoms with Crippen LogP contribution in [0.4, 0.5) is 0 Å². The molecule has 0 aliphatic rings. The van der Waals surface area contributed by atoms with Crippen LogP contribution in [0.5, 0.6) is 0 Å². The van der Waals surface area contributed by atoms with Gasteiger partial charge in [0.05, 0.1) is 0 Å². The summed E-state index contributed by atoms with van der Waals surface area (Å²) in [6, 6.07) is 8.54. The number of pyridine rings is 2. The number of aryl methyl sites for hydroxylation is 4. The van der Waals surface area contributed by atoms with Crippen molar-refractivity contribution in [2.24, 2.45) is 0 Å². The summed E-state index contributed by atoms with van der Waals surface area (Å²) in [5.41, 5.74) is 2.66. The molecule has 0 aliphatic heterocycles. The molecular formula is C24H34Br2N2. The molecule has 0 atom stereocenters. The molecule has 154 valence electrons. The quantitative estimate of drug-likeness (QED) is 0.209. The molecule has 4 heteroatoms. The van der Waals surface area contributed by atoms with Crippen molar-refractivity contribution >= 4 is 0 Å². The molecule has 2 aromatic heterocycles. The fourth-order valence-electron chi connectivity index (χ4n) is 3.05. The van der Waals surface area contributed by atoms with Crippen molar-refractivity contribution in [2.75, 3.05) is 0 Å². The second kappa shape index (κ2) is 16.7. The van der Waals surface area contributed by atoms with E-state index in [2.05, 4.69) is 96.3 Å². The van der Waals surface area contributed by atoms with Crippen LogP contribution in [0, 0.1) is 13.8 Å². The molecule has 2 rings (SSSR count). The lowest BCUT2D eigenvalue weighted by atomic mass is 10.2. The smallest absolute Gasteiger partial charge is 0.171 e. The third-order valence-electron chi connectivity index (χ3n) is 4.47. The number of nitrogens with zero attached hydrogens (tertiary/aromatic N) is 2. The minimum atomic E-state index is 0. The van der Waals surface area contributed by atoms with Crippen molar-refractivity contribution in [3.63, 3.8) is 0 Å². The summed E-state index contributed by atoms with van der Waals surface area (Å²) in [7, 11) is 0. The van der Waals surface area contributed by atoms with E-state index in [4.69, 9.17) is 0 Å². The molecule has 2 heterocycles.